The first-order chi connectivity index (χ1) is 14.7. The number of para-hydroxylation sites is 1. The van der Waals surface area contributed by atoms with Crippen molar-refractivity contribution in [2.45, 2.75) is 49.2 Å². The fourth-order valence-corrected chi connectivity index (χ4v) is 5.49. The van der Waals surface area contributed by atoms with E-state index in [9.17, 15) is 0 Å². The van der Waals surface area contributed by atoms with Gasteiger partial charge < -0.3 is 4.90 Å². The van der Waals surface area contributed by atoms with Crippen molar-refractivity contribution in [3.05, 3.63) is 53.6 Å². The van der Waals surface area contributed by atoms with Crippen molar-refractivity contribution in [1.82, 2.24) is 29.6 Å². The number of aromatic nitrogens is 5. The molecule has 0 N–H and O–H groups in total. The minimum absolute atomic E-state index is 0.678. The second-order valence-corrected chi connectivity index (χ2v) is 9.55. The number of rotatable bonds is 8. The molecule has 1 aliphatic heterocycles. The van der Waals surface area contributed by atoms with Gasteiger partial charge in [-0.25, -0.2) is 9.97 Å². The lowest BCUT2D eigenvalue weighted by atomic mass is 10.1. The van der Waals surface area contributed by atoms with Crippen molar-refractivity contribution in [3.63, 3.8) is 0 Å². The third-order valence-corrected chi connectivity index (χ3v) is 6.85. The summed E-state index contributed by atoms with van der Waals surface area (Å²) in [5.74, 6) is 2.63. The zero-order valence-electron chi connectivity index (χ0n) is 17.6. The van der Waals surface area contributed by atoms with Crippen molar-refractivity contribution >= 4 is 23.5 Å². The zero-order valence-corrected chi connectivity index (χ0v) is 19.3. The molecular formula is C22H28N6S2. The fourth-order valence-electron chi connectivity index (χ4n) is 3.66. The fraction of sp³-hybridized carbons (Fsp3) is 0.455. The minimum atomic E-state index is 0.678. The van der Waals surface area contributed by atoms with Crippen molar-refractivity contribution in [1.29, 1.82) is 0 Å². The molecule has 1 fully saturated rings. The SMILES string of the molecule is Cc1cc(C)nc(SCc2nnc(SCCN3CCCCC3)n2-c2ccccc2)n1. The van der Waals surface area contributed by atoms with E-state index in [4.69, 9.17) is 0 Å². The molecule has 8 heteroatoms. The third-order valence-electron chi connectivity index (χ3n) is 5.09. The molecule has 1 aliphatic rings. The number of hydrogen-bond acceptors (Lipinski definition) is 7. The molecule has 0 spiro atoms. The minimum Gasteiger partial charge on any atom is -0.303 e. The summed E-state index contributed by atoms with van der Waals surface area (Å²) in [7, 11) is 0. The van der Waals surface area contributed by atoms with Crippen molar-refractivity contribution in [2.24, 2.45) is 0 Å². The molecule has 4 rings (SSSR count). The Labute approximate surface area is 186 Å². The van der Waals surface area contributed by atoms with Crippen molar-refractivity contribution in [2.75, 3.05) is 25.4 Å². The first-order valence-electron chi connectivity index (χ1n) is 10.5. The predicted octanol–water partition coefficient (Wildman–Crippen LogP) is 4.54. The van der Waals surface area contributed by atoms with E-state index < -0.39 is 0 Å². The van der Waals surface area contributed by atoms with Crippen LogP contribution in [0, 0.1) is 13.8 Å². The lowest BCUT2D eigenvalue weighted by molar-refractivity contribution is 0.242. The van der Waals surface area contributed by atoms with E-state index in [0.29, 0.717) is 5.75 Å². The van der Waals surface area contributed by atoms with Crippen LogP contribution in [0.1, 0.15) is 36.5 Å². The summed E-state index contributed by atoms with van der Waals surface area (Å²) in [4.78, 5) is 11.7. The predicted molar refractivity (Wildman–Crippen MR) is 123 cm³/mol. The molecule has 158 valence electrons. The van der Waals surface area contributed by atoms with Gasteiger partial charge in [0.1, 0.15) is 5.82 Å². The van der Waals surface area contributed by atoms with E-state index in [2.05, 4.69) is 53.9 Å². The first kappa shape index (κ1) is 21.3. The normalized spacial score (nSPS) is 14.9. The largest absolute Gasteiger partial charge is 0.303 e. The highest BCUT2D eigenvalue weighted by Crippen LogP contribution is 2.26. The molecule has 2 aromatic heterocycles. The molecule has 1 saturated heterocycles. The number of piperidine rings is 1. The Bertz CT molecular complexity index is 933. The Morgan fingerprint density at radius 3 is 2.37 bits per heavy atom. The van der Waals surface area contributed by atoms with Crippen molar-refractivity contribution in [3.8, 4) is 5.69 Å². The number of thioether (sulfide) groups is 2. The van der Waals surface area contributed by atoms with Crippen molar-refractivity contribution < 1.29 is 0 Å². The van der Waals surface area contributed by atoms with Gasteiger partial charge in [0, 0.05) is 29.4 Å². The summed E-state index contributed by atoms with van der Waals surface area (Å²) in [5, 5.41) is 10.8. The Hall–Kier alpha value is -1.90. The van der Waals surface area contributed by atoms with Crippen LogP contribution in [0.3, 0.4) is 0 Å². The second-order valence-electron chi connectivity index (χ2n) is 7.54. The van der Waals surface area contributed by atoms with Crippen LogP contribution < -0.4 is 0 Å². The molecule has 0 aliphatic carbocycles. The van der Waals surface area contributed by atoms with Gasteiger partial charge >= 0.3 is 0 Å². The summed E-state index contributed by atoms with van der Waals surface area (Å²) < 4.78 is 2.18. The Morgan fingerprint density at radius 1 is 0.900 bits per heavy atom. The van der Waals surface area contributed by atoms with Crippen LogP contribution in [0.4, 0.5) is 0 Å². The molecular weight excluding hydrogens is 412 g/mol. The van der Waals surface area contributed by atoms with Gasteiger partial charge in [-0.15, -0.1) is 10.2 Å². The molecule has 3 heterocycles. The molecule has 0 unspecified atom stereocenters. The van der Waals surface area contributed by atoms with Crippen LogP contribution in [0.5, 0.6) is 0 Å². The van der Waals surface area contributed by atoms with E-state index in [0.717, 1.165) is 45.5 Å². The third kappa shape index (κ3) is 5.62. The molecule has 0 radical (unpaired) electrons. The monoisotopic (exact) mass is 440 g/mol. The Morgan fingerprint density at radius 2 is 1.63 bits per heavy atom. The number of nitrogens with zero attached hydrogens (tertiary/aromatic N) is 6. The van der Waals surface area contributed by atoms with Gasteiger partial charge in [-0.05, 0) is 58.0 Å². The van der Waals surface area contributed by atoms with Crippen LogP contribution >= 0.6 is 23.5 Å². The summed E-state index contributed by atoms with van der Waals surface area (Å²) >= 11 is 3.40. The highest BCUT2D eigenvalue weighted by Gasteiger charge is 2.16. The Kier molecular flexibility index (Phi) is 7.41. The number of hydrogen-bond donors (Lipinski definition) is 0. The smallest absolute Gasteiger partial charge is 0.195 e. The molecule has 0 amide bonds. The molecule has 6 nitrogen and oxygen atoms in total. The van der Waals surface area contributed by atoms with Crippen LogP contribution in [0.2, 0.25) is 0 Å². The lowest BCUT2D eigenvalue weighted by Crippen LogP contribution is -2.31. The lowest BCUT2D eigenvalue weighted by Gasteiger charge is -2.25. The van der Waals surface area contributed by atoms with Crippen LogP contribution in [-0.2, 0) is 5.75 Å². The molecule has 0 bridgehead atoms. The zero-order chi connectivity index (χ0) is 20.8. The van der Waals surface area contributed by atoms with Crippen LogP contribution in [0.15, 0.2) is 46.7 Å². The molecule has 30 heavy (non-hydrogen) atoms. The number of aryl methyl sites for hydroxylation is 2. The first-order valence-corrected chi connectivity index (χ1v) is 12.5. The summed E-state index contributed by atoms with van der Waals surface area (Å²) in [5.41, 5.74) is 3.08. The van der Waals surface area contributed by atoms with Gasteiger partial charge in [-0.3, -0.25) is 4.57 Å². The Balaban J connectivity index is 1.48. The van der Waals surface area contributed by atoms with E-state index in [1.165, 1.54) is 32.4 Å². The topological polar surface area (TPSA) is 59.7 Å². The van der Waals surface area contributed by atoms with Gasteiger partial charge in [0.25, 0.3) is 0 Å². The maximum atomic E-state index is 4.54. The molecule has 1 aromatic carbocycles. The van der Waals surface area contributed by atoms with Gasteiger partial charge in [-0.1, -0.05) is 48.1 Å². The van der Waals surface area contributed by atoms with Crippen LogP contribution in [0.25, 0.3) is 5.69 Å². The van der Waals surface area contributed by atoms with E-state index in [1.54, 1.807) is 23.5 Å². The van der Waals surface area contributed by atoms with Gasteiger partial charge in [0.05, 0.1) is 5.75 Å². The average Bonchev–Trinajstić information content (AvgIpc) is 3.16. The van der Waals surface area contributed by atoms with Gasteiger partial charge in [0.2, 0.25) is 0 Å². The highest BCUT2D eigenvalue weighted by molar-refractivity contribution is 7.99. The maximum Gasteiger partial charge on any atom is 0.195 e. The summed E-state index contributed by atoms with van der Waals surface area (Å²) in [6, 6.07) is 12.4. The number of benzene rings is 1. The van der Waals surface area contributed by atoms with Gasteiger partial charge in [0.15, 0.2) is 10.3 Å². The quantitative estimate of drug-likeness (QED) is 0.376. The van der Waals surface area contributed by atoms with Gasteiger partial charge in [-0.2, -0.15) is 0 Å². The molecule has 3 aromatic rings. The maximum absolute atomic E-state index is 4.54. The molecule has 0 saturated carbocycles. The van der Waals surface area contributed by atoms with E-state index in [-0.39, 0.29) is 0 Å². The summed E-state index contributed by atoms with van der Waals surface area (Å²) in [6.07, 6.45) is 4.02. The number of likely N-dealkylation sites (tertiary alicyclic amines) is 1. The average molecular weight is 441 g/mol. The summed E-state index contributed by atoms with van der Waals surface area (Å²) in [6.45, 7) is 7.56. The standard InChI is InChI=1S/C22H28N6S2/c1-17-15-18(2)24-21(23-17)30-16-20-25-26-22(28(20)19-9-5-3-6-10-19)29-14-13-27-11-7-4-8-12-27/h3,5-6,9-10,15H,4,7-8,11-14,16H2,1-2H3. The highest BCUT2D eigenvalue weighted by atomic mass is 32.2. The molecule has 0 atom stereocenters. The van der Waals surface area contributed by atoms with E-state index >= 15 is 0 Å². The van der Waals surface area contributed by atoms with E-state index in [1.807, 2.05) is 26.0 Å². The second kappa shape index (κ2) is 10.4. The van der Waals surface area contributed by atoms with Crippen LogP contribution in [-0.4, -0.2) is 55.0 Å².